The van der Waals surface area contributed by atoms with Crippen molar-refractivity contribution in [1.29, 1.82) is 0 Å². The summed E-state index contributed by atoms with van der Waals surface area (Å²) in [4.78, 5) is 9.32. The highest BCUT2D eigenvalue weighted by molar-refractivity contribution is 7.73. The lowest BCUT2D eigenvalue weighted by atomic mass is 10.3. The van der Waals surface area contributed by atoms with E-state index in [1.807, 2.05) is 24.3 Å². The number of fused-ring (bicyclic) bond motifs is 1. The van der Waals surface area contributed by atoms with Gasteiger partial charge in [-0.1, -0.05) is 23.7 Å². The van der Waals surface area contributed by atoms with Crippen LogP contribution in [0.3, 0.4) is 0 Å². The van der Waals surface area contributed by atoms with Crippen LogP contribution in [0.5, 0.6) is 5.88 Å². The van der Waals surface area contributed by atoms with Gasteiger partial charge in [-0.25, -0.2) is 14.4 Å². The van der Waals surface area contributed by atoms with E-state index in [-0.39, 0.29) is 10.9 Å². The van der Waals surface area contributed by atoms with Gasteiger partial charge in [0, 0.05) is 6.08 Å². The van der Waals surface area contributed by atoms with Crippen LogP contribution in [0.1, 0.15) is 4.88 Å². The molecule has 0 saturated carbocycles. The molecule has 2 heterocycles. The molecule has 0 radical (unpaired) electrons. The number of hydrogen-bond acceptors (Lipinski definition) is 5. The highest BCUT2D eigenvalue weighted by Gasteiger charge is 2.14. The second-order valence-electron chi connectivity index (χ2n) is 5.20. The molecule has 1 aromatic heterocycles. The Bertz CT molecular complexity index is 1180. The fourth-order valence-electron chi connectivity index (χ4n) is 2.43. The van der Waals surface area contributed by atoms with Crippen molar-refractivity contribution in [2.75, 3.05) is 0 Å². The van der Waals surface area contributed by atoms with Gasteiger partial charge in [0.25, 0.3) is 0 Å². The summed E-state index contributed by atoms with van der Waals surface area (Å²) in [6.07, 6.45) is 1.66. The first-order chi connectivity index (χ1) is 12.0. The van der Waals surface area contributed by atoms with Crippen LogP contribution in [0, 0.1) is 9.77 Å². The molecular weight excluding hydrogens is 381 g/mol. The molecule has 0 spiro atoms. The maximum atomic E-state index is 13.4. The fraction of sp³-hybridized carbons (Fsp3) is 0. The summed E-state index contributed by atoms with van der Waals surface area (Å²) in [5.74, 6) is -0.112. The number of rotatable bonds is 2. The number of aromatic nitrogens is 1. The molecule has 2 aromatic carbocycles. The average Bonchev–Trinajstić information content (AvgIpc) is 3.11. The van der Waals surface area contributed by atoms with Crippen molar-refractivity contribution in [1.82, 2.24) is 4.57 Å². The van der Waals surface area contributed by atoms with Gasteiger partial charge in [-0.15, -0.1) is 11.3 Å². The first kappa shape index (κ1) is 16.1. The van der Waals surface area contributed by atoms with E-state index >= 15 is 0 Å². The summed E-state index contributed by atoms with van der Waals surface area (Å²) in [7, 11) is 0. The molecule has 0 aliphatic carbocycles. The van der Waals surface area contributed by atoms with Gasteiger partial charge in [-0.2, -0.15) is 0 Å². The number of benzene rings is 2. The first-order valence-corrected chi connectivity index (χ1v) is 8.77. The van der Waals surface area contributed by atoms with E-state index in [1.54, 1.807) is 6.08 Å². The van der Waals surface area contributed by atoms with Crippen LogP contribution in [0.4, 0.5) is 4.39 Å². The lowest BCUT2D eigenvalue weighted by molar-refractivity contribution is 0.441. The third kappa shape index (κ3) is 2.90. The minimum Gasteiger partial charge on any atom is -0.493 e. The molecule has 8 heteroatoms. The minimum atomic E-state index is -0.532. The molecule has 4 rings (SSSR count). The van der Waals surface area contributed by atoms with Crippen LogP contribution in [-0.2, 0) is 0 Å². The van der Waals surface area contributed by atoms with Gasteiger partial charge in [-0.3, -0.25) is 4.57 Å². The fourth-order valence-corrected chi connectivity index (χ4v) is 3.89. The van der Waals surface area contributed by atoms with E-state index < -0.39 is 5.82 Å². The number of thiazole rings is 1. The number of halogens is 2. The predicted molar refractivity (Wildman–Crippen MR) is 97.8 cm³/mol. The lowest BCUT2D eigenvalue weighted by Crippen LogP contribution is -2.19. The Hall–Kier alpha value is -2.35. The zero-order valence-corrected chi connectivity index (χ0v) is 14.9. The molecule has 0 saturated heterocycles. The first-order valence-electron chi connectivity index (χ1n) is 7.17. The van der Waals surface area contributed by atoms with E-state index in [4.69, 9.17) is 23.8 Å². The topological polar surface area (TPSA) is 49.9 Å². The van der Waals surface area contributed by atoms with Crippen LogP contribution in [0.2, 0.25) is 5.02 Å². The van der Waals surface area contributed by atoms with Crippen LogP contribution >= 0.6 is 35.2 Å². The number of aromatic hydroxyl groups is 1. The van der Waals surface area contributed by atoms with E-state index in [2.05, 4.69) is 9.98 Å². The Kier molecular flexibility index (Phi) is 3.99. The molecule has 25 heavy (non-hydrogen) atoms. The van der Waals surface area contributed by atoms with E-state index in [1.165, 1.54) is 34.1 Å². The molecule has 1 aliphatic heterocycles. The van der Waals surface area contributed by atoms with Crippen molar-refractivity contribution < 1.29 is 9.50 Å². The summed E-state index contributed by atoms with van der Waals surface area (Å²) in [6.45, 7) is 0. The van der Waals surface area contributed by atoms with Crippen molar-refractivity contribution in [3.63, 3.8) is 0 Å². The van der Waals surface area contributed by atoms with Gasteiger partial charge < -0.3 is 5.11 Å². The van der Waals surface area contributed by atoms with Gasteiger partial charge >= 0.3 is 0 Å². The summed E-state index contributed by atoms with van der Waals surface area (Å²) in [5, 5.41) is 12.1. The molecule has 0 fully saturated rings. The molecule has 0 amide bonds. The van der Waals surface area contributed by atoms with Crippen molar-refractivity contribution in [2.45, 2.75) is 0 Å². The van der Waals surface area contributed by atoms with Crippen molar-refractivity contribution in [2.24, 2.45) is 9.98 Å². The molecule has 124 valence electrons. The van der Waals surface area contributed by atoms with Gasteiger partial charge in [0.15, 0.2) is 9.78 Å². The highest BCUT2D eigenvalue weighted by atomic mass is 35.5. The maximum absolute atomic E-state index is 13.4. The lowest BCUT2D eigenvalue weighted by Gasteiger charge is -2.05. The average molecular weight is 390 g/mol. The SMILES string of the molecule is Oc1c(C=C2N=c3ccccc3=N2)sc(=S)n1-c1ccc(F)c(Cl)c1. The monoisotopic (exact) mass is 389 g/mol. The molecule has 1 N–H and O–H groups in total. The third-order valence-corrected chi connectivity index (χ3v) is 5.19. The molecule has 0 bridgehead atoms. The number of nitrogens with zero attached hydrogens (tertiary/aromatic N) is 3. The van der Waals surface area contributed by atoms with E-state index in [0.29, 0.717) is 20.3 Å². The van der Waals surface area contributed by atoms with Crippen molar-refractivity contribution in [3.8, 4) is 11.6 Å². The Balaban J connectivity index is 1.81. The zero-order chi connectivity index (χ0) is 17.6. The number of para-hydroxylation sites is 2. The molecule has 1 aliphatic rings. The Morgan fingerprint density at radius 1 is 1.16 bits per heavy atom. The summed E-state index contributed by atoms with van der Waals surface area (Å²) in [5.41, 5.74) is 0.485. The zero-order valence-electron chi connectivity index (χ0n) is 12.5. The van der Waals surface area contributed by atoms with Crippen LogP contribution < -0.4 is 10.7 Å². The minimum absolute atomic E-state index is 0.0406. The standard InChI is InChI=1S/C17H9ClFN3OS2/c18-10-7-9(5-6-11(10)19)22-16(23)14(25-17(22)24)8-15-20-12-3-1-2-4-13(12)21-15/h1-8,23H. The molecule has 3 aromatic rings. The van der Waals surface area contributed by atoms with E-state index in [9.17, 15) is 9.50 Å². The quantitative estimate of drug-likeness (QED) is 0.673. The predicted octanol–water partition coefficient (Wildman–Crippen LogP) is 4.02. The summed E-state index contributed by atoms with van der Waals surface area (Å²) >= 11 is 12.4. The highest BCUT2D eigenvalue weighted by Crippen LogP contribution is 2.33. The Labute approximate surface area is 155 Å². The molecule has 0 atom stereocenters. The van der Waals surface area contributed by atoms with Gasteiger partial charge in [-0.05, 0) is 42.5 Å². The molecule has 4 nitrogen and oxygen atoms in total. The van der Waals surface area contributed by atoms with Gasteiger partial charge in [0.2, 0.25) is 5.88 Å². The third-order valence-electron chi connectivity index (χ3n) is 3.59. The number of hydrogen-bond donors (Lipinski definition) is 1. The van der Waals surface area contributed by atoms with Crippen molar-refractivity contribution >= 4 is 41.2 Å². The van der Waals surface area contributed by atoms with Gasteiger partial charge in [0.05, 0.1) is 26.3 Å². The maximum Gasteiger partial charge on any atom is 0.215 e. The second kappa shape index (κ2) is 6.18. The molecule has 0 unspecified atom stereocenters. The Morgan fingerprint density at radius 2 is 1.84 bits per heavy atom. The van der Waals surface area contributed by atoms with Crippen LogP contribution in [0.15, 0.2) is 58.3 Å². The van der Waals surface area contributed by atoms with Crippen LogP contribution in [-0.4, -0.2) is 9.67 Å². The summed E-state index contributed by atoms with van der Waals surface area (Å²) in [6, 6.07) is 11.7. The Morgan fingerprint density at radius 3 is 2.48 bits per heavy atom. The second-order valence-corrected chi connectivity index (χ2v) is 7.29. The molecular formula is C17H9ClFN3OS2. The summed E-state index contributed by atoms with van der Waals surface area (Å²) < 4.78 is 15.2. The smallest absolute Gasteiger partial charge is 0.215 e. The van der Waals surface area contributed by atoms with Crippen molar-refractivity contribution in [3.05, 3.63) is 78.7 Å². The van der Waals surface area contributed by atoms with Gasteiger partial charge in [0.1, 0.15) is 5.82 Å². The van der Waals surface area contributed by atoms with Crippen LogP contribution in [0.25, 0.3) is 11.8 Å². The normalized spacial score (nSPS) is 12.5. The van der Waals surface area contributed by atoms with E-state index in [0.717, 1.165) is 10.7 Å². The largest absolute Gasteiger partial charge is 0.493 e.